The van der Waals surface area contributed by atoms with Crippen molar-refractivity contribution < 1.29 is 13.9 Å². The number of halogens is 1. The van der Waals surface area contributed by atoms with E-state index in [4.69, 9.17) is 10.00 Å². The average molecular weight is 250 g/mol. The van der Waals surface area contributed by atoms with Gasteiger partial charge < -0.3 is 10.1 Å². The van der Waals surface area contributed by atoms with Crippen LogP contribution in [0.3, 0.4) is 0 Å². The fourth-order valence-corrected chi connectivity index (χ4v) is 1.35. The highest BCUT2D eigenvalue weighted by molar-refractivity contribution is 5.91. The SMILES string of the molecule is COC(C)(C)CC(=O)Nc1ccc(F)c(C#N)c1. The van der Waals surface area contributed by atoms with Crippen molar-refractivity contribution in [1.82, 2.24) is 0 Å². The third kappa shape index (κ3) is 3.82. The minimum Gasteiger partial charge on any atom is -0.378 e. The predicted octanol–water partition coefficient (Wildman–Crippen LogP) is 2.45. The highest BCUT2D eigenvalue weighted by atomic mass is 19.1. The van der Waals surface area contributed by atoms with Crippen LogP contribution in [0.2, 0.25) is 0 Å². The van der Waals surface area contributed by atoms with Gasteiger partial charge in [-0.2, -0.15) is 5.26 Å². The van der Waals surface area contributed by atoms with E-state index < -0.39 is 11.4 Å². The summed E-state index contributed by atoms with van der Waals surface area (Å²) in [7, 11) is 1.53. The van der Waals surface area contributed by atoms with E-state index in [1.165, 1.54) is 19.2 Å². The molecule has 0 aliphatic heterocycles. The van der Waals surface area contributed by atoms with Crippen LogP contribution in [-0.4, -0.2) is 18.6 Å². The summed E-state index contributed by atoms with van der Waals surface area (Å²) in [5.74, 6) is -0.856. The van der Waals surface area contributed by atoms with Crippen molar-refractivity contribution in [3.8, 4) is 6.07 Å². The fraction of sp³-hybridized carbons (Fsp3) is 0.385. The summed E-state index contributed by atoms with van der Waals surface area (Å²) in [6.07, 6.45) is 0.169. The Labute approximate surface area is 105 Å². The lowest BCUT2D eigenvalue weighted by molar-refractivity contribution is -0.121. The Bertz CT molecular complexity index is 492. The Hall–Kier alpha value is -1.93. The molecule has 1 aromatic carbocycles. The summed E-state index contributed by atoms with van der Waals surface area (Å²) in [4.78, 5) is 11.7. The number of nitrogens with one attached hydrogen (secondary N) is 1. The third-order valence-corrected chi connectivity index (χ3v) is 2.51. The van der Waals surface area contributed by atoms with E-state index in [0.717, 1.165) is 6.07 Å². The quantitative estimate of drug-likeness (QED) is 0.892. The van der Waals surface area contributed by atoms with Crippen LogP contribution in [-0.2, 0) is 9.53 Å². The predicted molar refractivity (Wildman–Crippen MR) is 65.4 cm³/mol. The standard InChI is InChI=1S/C13H15FN2O2/c1-13(2,18-3)7-12(17)16-10-4-5-11(14)9(6-10)8-15/h4-6H,7H2,1-3H3,(H,16,17). The number of amides is 1. The third-order valence-electron chi connectivity index (χ3n) is 2.51. The number of hydrogen-bond donors (Lipinski definition) is 1. The maximum absolute atomic E-state index is 13.1. The van der Waals surface area contributed by atoms with Crippen molar-refractivity contribution >= 4 is 11.6 Å². The molecule has 0 bridgehead atoms. The van der Waals surface area contributed by atoms with E-state index in [-0.39, 0.29) is 17.9 Å². The van der Waals surface area contributed by atoms with E-state index in [9.17, 15) is 9.18 Å². The second-order valence-electron chi connectivity index (χ2n) is 4.50. The van der Waals surface area contributed by atoms with E-state index in [1.54, 1.807) is 19.9 Å². The first kappa shape index (κ1) is 14.1. The van der Waals surface area contributed by atoms with Crippen LogP contribution in [0, 0.1) is 17.1 Å². The molecule has 1 rings (SSSR count). The highest BCUT2D eigenvalue weighted by Gasteiger charge is 2.21. The van der Waals surface area contributed by atoms with E-state index in [1.807, 2.05) is 0 Å². The average Bonchev–Trinajstić information content (AvgIpc) is 2.31. The van der Waals surface area contributed by atoms with Crippen LogP contribution in [0.4, 0.5) is 10.1 Å². The summed E-state index contributed by atoms with van der Waals surface area (Å²) < 4.78 is 18.2. The molecule has 5 heteroatoms. The second kappa shape index (κ2) is 5.61. The summed E-state index contributed by atoms with van der Waals surface area (Å²) >= 11 is 0. The van der Waals surface area contributed by atoms with Gasteiger partial charge >= 0.3 is 0 Å². The molecular formula is C13H15FN2O2. The smallest absolute Gasteiger partial charge is 0.227 e. The molecule has 0 heterocycles. The number of carbonyl (C=O) groups is 1. The van der Waals surface area contributed by atoms with Crippen molar-refractivity contribution in [3.63, 3.8) is 0 Å². The van der Waals surface area contributed by atoms with Gasteiger partial charge in [0.1, 0.15) is 11.9 Å². The zero-order valence-corrected chi connectivity index (χ0v) is 10.6. The van der Waals surface area contributed by atoms with Gasteiger partial charge in [-0.05, 0) is 32.0 Å². The van der Waals surface area contributed by atoms with Gasteiger partial charge in [0.05, 0.1) is 17.6 Å². The molecule has 0 radical (unpaired) electrons. The number of nitrogens with zero attached hydrogens (tertiary/aromatic N) is 1. The van der Waals surface area contributed by atoms with Crippen molar-refractivity contribution in [2.75, 3.05) is 12.4 Å². The van der Waals surface area contributed by atoms with Crippen LogP contribution in [0.25, 0.3) is 0 Å². The zero-order chi connectivity index (χ0) is 13.8. The fourth-order valence-electron chi connectivity index (χ4n) is 1.35. The summed E-state index contributed by atoms with van der Waals surface area (Å²) in [6.45, 7) is 3.58. The van der Waals surface area contributed by atoms with Crippen LogP contribution in [0.1, 0.15) is 25.8 Å². The number of methoxy groups -OCH3 is 1. The van der Waals surface area contributed by atoms with E-state index >= 15 is 0 Å². The molecule has 0 aromatic heterocycles. The molecule has 18 heavy (non-hydrogen) atoms. The number of hydrogen-bond acceptors (Lipinski definition) is 3. The zero-order valence-electron chi connectivity index (χ0n) is 10.6. The van der Waals surface area contributed by atoms with Gasteiger partial charge in [-0.15, -0.1) is 0 Å². The number of nitriles is 1. The lowest BCUT2D eigenvalue weighted by Gasteiger charge is -2.21. The molecule has 0 atom stereocenters. The molecular weight excluding hydrogens is 235 g/mol. The van der Waals surface area contributed by atoms with Crippen molar-refractivity contribution in [2.24, 2.45) is 0 Å². The van der Waals surface area contributed by atoms with Gasteiger partial charge in [0.15, 0.2) is 0 Å². The molecule has 96 valence electrons. The Morgan fingerprint density at radius 3 is 2.78 bits per heavy atom. The van der Waals surface area contributed by atoms with Crippen molar-refractivity contribution in [1.29, 1.82) is 5.26 Å². The number of ether oxygens (including phenoxy) is 1. The molecule has 0 unspecified atom stereocenters. The number of rotatable bonds is 4. The second-order valence-corrected chi connectivity index (χ2v) is 4.50. The monoisotopic (exact) mass is 250 g/mol. The molecule has 1 amide bonds. The van der Waals surface area contributed by atoms with Crippen LogP contribution in [0.15, 0.2) is 18.2 Å². The Morgan fingerprint density at radius 1 is 1.56 bits per heavy atom. The van der Waals surface area contributed by atoms with Crippen molar-refractivity contribution in [2.45, 2.75) is 25.9 Å². The van der Waals surface area contributed by atoms with Crippen LogP contribution < -0.4 is 5.32 Å². The number of anilines is 1. The molecule has 0 saturated heterocycles. The van der Waals surface area contributed by atoms with E-state index in [2.05, 4.69) is 5.32 Å². The molecule has 0 aliphatic carbocycles. The molecule has 0 saturated carbocycles. The Kier molecular flexibility index (Phi) is 4.40. The number of benzene rings is 1. The molecule has 0 aliphatic rings. The molecule has 1 N–H and O–H groups in total. The highest BCUT2D eigenvalue weighted by Crippen LogP contribution is 2.17. The van der Waals surface area contributed by atoms with Gasteiger partial charge in [-0.25, -0.2) is 4.39 Å². The van der Waals surface area contributed by atoms with Gasteiger partial charge in [0, 0.05) is 12.8 Å². The molecule has 0 spiro atoms. The maximum Gasteiger partial charge on any atom is 0.227 e. The Morgan fingerprint density at radius 2 is 2.22 bits per heavy atom. The minimum absolute atomic E-state index is 0.0983. The lowest BCUT2D eigenvalue weighted by Crippen LogP contribution is -2.29. The summed E-state index contributed by atoms with van der Waals surface area (Å²) in [6, 6.07) is 5.57. The van der Waals surface area contributed by atoms with Gasteiger partial charge in [0.25, 0.3) is 0 Å². The molecule has 0 fully saturated rings. The van der Waals surface area contributed by atoms with Crippen LogP contribution in [0.5, 0.6) is 0 Å². The van der Waals surface area contributed by atoms with Gasteiger partial charge in [0.2, 0.25) is 5.91 Å². The largest absolute Gasteiger partial charge is 0.378 e. The minimum atomic E-state index is -0.604. The van der Waals surface area contributed by atoms with Gasteiger partial charge in [-0.1, -0.05) is 0 Å². The Balaban J connectivity index is 2.74. The topological polar surface area (TPSA) is 62.1 Å². The van der Waals surface area contributed by atoms with Crippen LogP contribution >= 0.6 is 0 Å². The first-order chi connectivity index (χ1) is 8.38. The number of carbonyl (C=O) groups excluding carboxylic acids is 1. The van der Waals surface area contributed by atoms with E-state index in [0.29, 0.717) is 5.69 Å². The molecule has 4 nitrogen and oxygen atoms in total. The first-order valence-electron chi connectivity index (χ1n) is 5.42. The normalized spacial score (nSPS) is 10.8. The molecule has 1 aromatic rings. The maximum atomic E-state index is 13.1. The first-order valence-corrected chi connectivity index (χ1v) is 5.42. The van der Waals surface area contributed by atoms with Gasteiger partial charge in [-0.3, -0.25) is 4.79 Å². The lowest BCUT2D eigenvalue weighted by atomic mass is 10.0. The van der Waals surface area contributed by atoms with Crippen molar-refractivity contribution in [3.05, 3.63) is 29.6 Å². The summed E-state index contributed by atoms with van der Waals surface area (Å²) in [5.41, 5.74) is -0.272. The summed E-state index contributed by atoms with van der Waals surface area (Å²) in [5, 5.41) is 11.3.